The summed E-state index contributed by atoms with van der Waals surface area (Å²) in [4.78, 5) is 64.9. The van der Waals surface area contributed by atoms with Crippen molar-refractivity contribution in [3.8, 4) is 0 Å². The molecule has 1 unspecified atom stereocenters. The van der Waals surface area contributed by atoms with Gasteiger partial charge in [0, 0.05) is 28.2 Å². The van der Waals surface area contributed by atoms with Crippen LogP contribution in [-0.4, -0.2) is 78.8 Å². The Morgan fingerprint density at radius 2 is 2.00 bits per heavy atom. The van der Waals surface area contributed by atoms with Gasteiger partial charge in [0.15, 0.2) is 34.1 Å². The van der Waals surface area contributed by atoms with Gasteiger partial charge in [-0.25, -0.2) is 19.6 Å². The molecule has 0 aromatic carbocycles. The number of pyridine rings is 1. The molecule has 18 heteroatoms. The quantitative estimate of drug-likeness (QED) is 0.107. The molecule has 5 heterocycles. The van der Waals surface area contributed by atoms with Gasteiger partial charge in [-0.05, 0) is 0 Å². The number of hydrogen-bond acceptors (Lipinski definition) is 13. The zero-order valence-corrected chi connectivity index (χ0v) is 24.2. The minimum absolute atomic E-state index is 0.0425. The Kier molecular flexibility index (Phi) is 8.25. The van der Waals surface area contributed by atoms with Crippen LogP contribution in [0.4, 0.5) is 5.13 Å². The van der Waals surface area contributed by atoms with Crippen molar-refractivity contribution in [1.29, 1.82) is 0 Å². The molecule has 2 aliphatic heterocycles. The van der Waals surface area contributed by atoms with E-state index in [1.54, 1.807) is 17.0 Å². The van der Waals surface area contributed by atoms with Crippen LogP contribution in [0.3, 0.4) is 0 Å². The van der Waals surface area contributed by atoms with Crippen molar-refractivity contribution in [3.63, 3.8) is 0 Å². The van der Waals surface area contributed by atoms with E-state index in [0.717, 1.165) is 39.3 Å². The van der Waals surface area contributed by atoms with Gasteiger partial charge in [-0.15, -0.1) is 23.1 Å². The second-order valence-electron chi connectivity index (χ2n) is 8.34. The zero-order valence-electron chi connectivity index (χ0n) is 20.9. The van der Waals surface area contributed by atoms with Crippen LogP contribution in [0, 0.1) is 0 Å². The molecular weight excluding hydrogens is 615 g/mol. The SMILES string of the molecule is CO/N=C(\C(=O)N[C@@H]1C(=O)N2C(C(=O)O)=C(Sc3nc(C[n+]4ccccc4)c(C(=O)O)s3)CSC12)c1csc(N)n1. The molecule has 1 saturated heterocycles. The van der Waals surface area contributed by atoms with E-state index in [9.17, 15) is 29.4 Å². The van der Waals surface area contributed by atoms with Crippen LogP contribution in [0.5, 0.6) is 0 Å². The van der Waals surface area contributed by atoms with Crippen molar-refractivity contribution in [2.45, 2.75) is 22.3 Å². The van der Waals surface area contributed by atoms with Crippen LogP contribution in [0.25, 0.3) is 0 Å². The molecule has 3 aromatic heterocycles. The monoisotopic (exact) mass is 634 g/mol. The standard InChI is InChI=1S/C23H19N7O7S4/c1-37-28-13(11-8-39-22(24)25-11)17(31)27-14-18(32)30-15(20(33)34)12(9-38-19(14)30)40-23-26-10(16(41-23)21(35)36)7-29-5-3-2-4-6-29/h2-6,8,14,19H,7,9H2,1H3,(H4-,24,25,27,31,33,34,35,36)/p+1/b28-13-/t14-,19?/m1/s1. The van der Waals surface area contributed by atoms with Crippen molar-refractivity contribution in [3.05, 3.63) is 62.8 Å². The van der Waals surface area contributed by atoms with Gasteiger partial charge in [0.1, 0.15) is 40.5 Å². The Bertz CT molecular complexity index is 1600. The van der Waals surface area contributed by atoms with Gasteiger partial charge in [-0.1, -0.05) is 34.3 Å². The normalized spacial score (nSPS) is 18.5. The maximum atomic E-state index is 13.1. The number of nitrogen functional groups attached to an aromatic ring is 1. The topological polar surface area (TPSA) is 201 Å². The fourth-order valence-corrected chi connectivity index (χ4v) is 8.23. The summed E-state index contributed by atoms with van der Waals surface area (Å²) in [7, 11) is 1.25. The summed E-state index contributed by atoms with van der Waals surface area (Å²) < 4.78 is 2.11. The van der Waals surface area contributed by atoms with Gasteiger partial charge in [-0.3, -0.25) is 14.5 Å². The number of thiazole rings is 2. The van der Waals surface area contributed by atoms with Gasteiger partial charge in [-0.2, -0.15) is 4.57 Å². The molecule has 5 rings (SSSR count). The summed E-state index contributed by atoms with van der Waals surface area (Å²) in [5, 5.41) is 27.1. The minimum Gasteiger partial charge on any atom is -0.477 e. The minimum atomic E-state index is -1.33. The van der Waals surface area contributed by atoms with Crippen molar-refractivity contribution >= 4 is 80.8 Å². The highest BCUT2D eigenvalue weighted by Crippen LogP contribution is 2.46. The molecule has 1 fully saturated rings. The number of aromatic nitrogens is 3. The smallest absolute Gasteiger partial charge is 0.353 e. The Morgan fingerprint density at radius 1 is 1.24 bits per heavy atom. The number of β-lactam (4-membered cyclic amide) rings is 1. The van der Waals surface area contributed by atoms with Gasteiger partial charge < -0.3 is 26.1 Å². The van der Waals surface area contributed by atoms with Crippen LogP contribution in [0.2, 0.25) is 0 Å². The number of anilines is 1. The highest BCUT2D eigenvalue weighted by molar-refractivity contribution is 8.07. The summed E-state index contributed by atoms with van der Waals surface area (Å²) >= 11 is 4.30. The summed E-state index contributed by atoms with van der Waals surface area (Å²) in [6.07, 6.45) is 3.56. The first-order chi connectivity index (χ1) is 19.7. The van der Waals surface area contributed by atoms with E-state index in [-0.39, 0.29) is 39.4 Å². The van der Waals surface area contributed by atoms with Crippen LogP contribution < -0.4 is 15.6 Å². The first-order valence-corrected chi connectivity index (χ1v) is 15.1. The number of aromatic carboxylic acids is 1. The number of rotatable bonds is 10. The molecule has 0 aliphatic carbocycles. The first-order valence-electron chi connectivity index (χ1n) is 11.6. The Morgan fingerprint density at radius 3 is 2.63 bits per heavy atom. The number of nitrogens with two attached hydrogens (primary N) is 1. The maximum absolute atomic E-state index is 13.1. The molecule has 3 aromatic rings. The number of carbonyl (C=O) groups is 4. The maximum Gasteiger partial charge on any atom is 0.353 e. The van der Waals surface area contributed by atoms with Crippen molar-refractivity contribution in [1.82, 2.24) is 20.2 Å². The van der Waals surface area contributed by atoms with Crippen molar-refractivity contribution in [2.75, 3.05) is 18.6 Å². The Balaban J connectivity index is 1.35. The fraction of sp³-hybridized carbons (Fsp3) is 0.217. The lowest BCUT2D eigenvalue weighted by molar-refractivity contribution is -0.688. The van der Waals surface area contributed by atoms with Crippen LogP contribution >= 0.6 is 46.2 Å². The molecule has 0 spiro atoms. The molecule has 5 N–H and O–H groups in total. The molecule has 14 nitrogen and oxygen atoms in total. The summed E-state index contributed by atoms with van der Waals surface area (Å²) in [6, 6.07) is 4.44. The zero-order chi connectivity index (χ0) is 29.3. The van der Waals surface area contributed by atoms with Gasteiger partial charge in [0.2, 0.25) is 0 Å². The average Bonchev–Trinajstić information content (AvgIpc) is 3.56. The van der Waals surface area contributed by atoms with Crippen molar-refractivity contribution < 1.29 is 38.8 Å². The number of carboxylic acid groups (broad SMARTS) is 2. The Hall–Kier alpha value is -4.00. The van der Waals surface area contributed by atoms with Gasteiger partial charge >= 0.3 is 11.9 Å². The number of aliphatic carboxylic acids is 1. The predicted octanol–water partition coefficient (Wildman–Crippen LogP) is 1.05. The van der Waals surface area contributed by atoms with Crippen LogP contribution in [0.15, 0.2) is 56.1 Å². The molecule has 0 radical (unpaired) electrons. The molecule has 2 atom stereocenters. The van der Waals surface area contributed by atoms with E-state index in [0.29, 0.717) is 14.9 Å². The average molecular weight is 635 g/mol. The molecule has 0 bridgehead atoms. The van der Waals surface area contributed by atoms with Crippen LogP contribution in [-0.2, 0) is 25.8 Å². The van der Waals surface area contributed by atoms with Crippen LogP contribution in [0.1, 0.15) is 21.1 Å². The second-order valence-corrected chi connectivity index (χ2v) is 12.7. The first kappa shape index (κ1) is 28.5. The van der Waals surface area contributed by atoms with E-state index in [4.69, 9.17) is 10.6 Å². The van der Waals surface area contributed by atoms with E-state index < -0.39 is 35.2 Å². The lowest BCUT2D eigenvalue weighted by atomic mass is 10.0. The number of carbonyl (C=O) groups excluding carboxylic acids is 2. The number of carboxylic acids is 2. The lowest BCUT2D eigenvalue weighted by Gasteiger charge is -2.49. The molecule has 2 aliphatic rings. The van der Waals surface area contributed by atoms with Crippen molar-refractivity contribution in [2.24, 2.45) is 5.16 Å². The highest BCUT2D eigenvalue weighted by Gasteiger charge is 2.54. The number of nitrogens with zero attached hydrogens (tertiary/aromatic N) is 5. The largest absolute Gasteiger partial charge is 0.477 e. The number of amides is 2. The van der Waals surface area contributed by atoms with E-state index in [2.05, 4.69) is 20.4 Å². The molecule has 41 heavy (non-hydrogen) atoms. The van der Waals surface area contributed by atoms with E-state index in [1.807, 2.05) is 18.2 Å². The summed E-state index contributed by atoms with van der Waals surface area (Å²) in [5.74, 6) is -3.62. The number of nitrogens with one attached hydrogen (secondary N) is 1. The molecule has 2 amide bonds. The Labute approximate surface area is 247 Å². The molecule has 0 saturated carbocycles. The number of oxime groups is 1. The third-order valence-electron chi connectivity index (χ3n) is 5.78. The second kappa shape index (κ2) is 11.9. The molecule has 212 valence electrons. The number of fused-ring (bicyclic) bond motifs is 1. The van der Waals surface area contributed by atoms with E-state index >= 15 is 0 Å². The van der Waals surface area contributed by atoms with E-state index in [1.165, 1.54) is 24.3 Å². The predicted molar refractivity (Wildman–Crippen MR) is 150 cm³/mol. The number of thioether (sulfide) groups is 2. The third-order valence-corrected chi connectivity index (χ3v) is 10.1. The highest BCUT2D eigenvalue weighted by atomic mass is 32.2. The lowest BCUT2D eigenvalue weighted by Crippen LogP contribution is -2.71. The van der Waals surface area contributed by atoms with Gasteiger partial charge in [0.25, 0.3) is 11.8 Å². The fourth-order valence-electron chi connectivity index (χ4n) is 4.04. The number of hydrogen-bond donors (Lipinski definition) is 4. The summed E-state index contributed by atoms with van der Waals surface area (Å²) in [6.45, 7) is 0.217. The molecular formula is C23H20N7O7S4+. The third kappa shape index (κ3) is 5.76. The van der Waals surface area contributed by atoms with Gasteiger partial charge in [0.05, 0.1) is 0 Å². The summed E-state index contributed by atoms with van der Waals surface area (Å²) in [5.41, 5.74) is 5.74.